The Hall–Kier alpha value is -2.99. The van der Waals surface area contributed by atoms with Crippen molar-refractivity contribution in [2.24, 2.45) is 0 Å². The summed E-state index contributed by atoms with van der Waals surface area (Å²) in [5.74, 6) is 0.327. The number of rotatable bonds is 5. The van der Waals surface area contributed by atoms with Gasteiger partial charge in [0.15, 0.2) is 0 Å². The molecule has 1 saturated heterocycles. The van der Waals surface area contributed by atoms with Gasteiger partial charge in [-0.1, -0.05) is 38.1 Å². The number of carbonyl (C=O) groups excluding carboxylic acids is 1. The van der Waals surface area contributed by atoms with E-state index >= 15 is 0 Å². The third kappa shape index (κ3) is 3.95. The third-order valence-electron chi connectivity index (χ3n) is 6.46. The molecule has 2 unspecified atom stereocenters. The number of fused-ring (bicyclic) bond motifs is 1. The van der Waals surface area contributed by atoms with Crippen LogP contribution in [-0.2, 0) is 4.74 Å². The molecule has 1 aromatic heterocycles. The molecule has 2 heterocycles. The summed E-state index contributed by atoms with van der Waals surface area (Å²) < 4.78 is 19.8. The van der Waals surface area contributed by atoms with E-state index in [4.69, 9.17) is 4.74 Å². The van der Waals surface area contributed by atoms with Gasteiger partial charge in [-0.15, -0.1) is 0 Å². The first-order valence-electron chi connectivity index (χ1n) is 11.3. The second kappa shape index (κ2) is 9.25. The molecule has 0 radical (unpaired) electrons. The summed E-state index contributed by atoms with van der Waals surface area (Å²) >= 11 is 0. The SMILES string of the molecule is CCC1COCC(CC)N1C(=O)c1cnc(Nc2cccc(F)c2C)c2cccc(C)c12. The number of carbonyl (C=O) groups is 1. The molecule has 1 N–H and O–H groups in total. The van der Waals surface area contributed by atoms with Crippen molar-refractivity contribution < 1.29 is 13.9 Å². The minimum Gasteiger partial charge on any atom is -0.377 e. The molecular weight excluding hydrogens is 405 g/mol. The number of halogens is 1. The van der Waals surface area contributed by atoms with Crippen LogP contribution in [0.2, 0.25) is 0 Å². The minimum atomic E-state index is -0.272. The van der Waals surface area contributed by atoms with Gasteiger partial charge in [0.1, 0.15) is 11.6 Å². The molecule has 5 nitrogen and oxygen atoms in total. The van der Waals surface area contributed by atoms with E-state index in [9.17, 15) is 9.18 Å². The van der Waals surface area contributed by atoms with Crippen molar-refractivity contribution in [1.82, 2.24) is 9.88 Å². The molecule has 32 heavy (non-hydrogen) atoms. The predicted molar refractivity (Wildman–Crippen MR) is 126 cm³/mol. The van der Waals surface area contributed by atoms with E-state index in [1.165, 1.54) is 6.07 Å². The number of hydrogen-bond acceptors (Lipinski definition) is 4. The van der Waals surface area contributed by atoms with Crippen molar-refractivity contribution in [3.63, 3.8) is 0 Å². The largest absolute Gasteiger partial charge is 0.377 e. The quantitative estimate of drug-likeness (QED) is 0.553. The number of nitrogens with one attached hydrogen (secondary N) is 1. The molecule has 1 amide bonds. The lowest BCUT2D eigenvalue weighted by Gasteiger charge is -2.41. The van der Waals surface area contributed by atoms with Crippen LogP contribution in [0.1, 0.15) is 48.2 Å². The first kappa shape index (κ1) is 22.2. The van der Waals surface area contributed by atoms with E-state index in [1.807, 2.05) is 36.1 Å². The summed E-state index contributed by atoms with van der Waals surface area (Å²) in [5, 5.41) is 4.99. The van der Waals surface area contributed by atoms with Crippen LogP contribution in [0.5, 0.6) is 0 Å². The predicted octanol–water partition coefficient (Wildman–Crippen LogP) is 5.76. The molecule has 1 aliphatic heterocycles. The third-order valence-corrected chi connectivity index (χ3v) is 6.46. The number of nitrogens with zero attached hydrogens (tertiary/aromatic N) is 2. The summed E-state index contributed by atoms with van der Waals surface area (Å²) in [5.41, 5.74) is 2.78. The molecule has 4 rings (SSSR count). The van der Waals surface area contributed by atoms with E-state index in [0.717, 1.165) is 29.2 Å². The standard InChI is InChI=1S/C26H30FN3O2/c1-5-18-14-32-15-19(6-2)30(18)26(31)21-13-28-25(20-10-7-9-16(3)24(20)21)29-23-12-8-11-22(27)17(23)4/h7-13,18-19H,5-6,14-15H2,1-4H3,(H,28,29). The van der Waals surface area contributed by atoms with Crippen LogP contribution in [0.25, 0.3) is 10.8 Å². The molecule has 1 fully saturated rings. The molecule has 0 spiro atoms. The monoisotopic (exact) mass is 435 g/mol. The highest BCUT2D eigenvalue weighted by atomic mass is 19.1. The van der Waals surface area contributed by atoms with Crippen LogP contribution < -0.4 is 5.32 Å². The fraction of sp³-hybridized carbons (Fsp3) is 0.385. The number of pyridine rings is 1. The van der Waals surface area contributed by atoms with Crippen molar-refractivity contribution in [3.8, 4) is 0 Å². The molecule has 2 atom stereocenters. The Balaban J connectivity index is 1.81. The van der Waals surface area contributed by atoms with E-state index < -0.39 is 0 Å². The van der Waals surface area contributed by atoms with Gasteiger partial charge in [-0.3, -0.25) is 4.79 Å². The smallest absolute Gasteiger partial charge is 0.256 e. The van der Waals surface area contributed by atoms with Crippen molar-refractivity contribution in [2.75, 3.05) is 18.5 Å². The fourth-order valence-corrected chi connectivity index (χ4v) is 4.52. The van der Waals surface area contributed by atoms with E-state index in [0.29, 0.717) is 35.8 Å². The molecule has 3 aromatic rings. The van der Waals surface area contributed by atoms with Gasteiger partial charge in [0.05, 0.1) is 30.9 Å². The Morgan fingerprint density at radius 2 is 1.81 bits per heavy atom. The average molecular weight is 436 g/mol. The van der Waals surface area contributed by atoms with Gasteiger partial charge in [-0.25, -0.2) is 9.37 Å². The fourth-order valence-electron chi connectivity index (χ4n) is 4.52. The van der Waals surface area contributed by atoms with Crippen molar-refractivity contribution in [1.29, 1.82) is 0 Å². The number of ether oxygens (including phenoxy) is 1. The maximum atomic E-state index is 14.1. The number of aryl methyl sites for hydroxylation is 1. The molecule has 2 aromatic carbocycles. The molecule has 1 aliphatic rings. The Kier molecular flexibility index (Phi) is 6.42. The highest BCUT2D eigenvalue weighted by molar-refractivity contribution is 6.11. The van der Waals surface area contributed by atoms with Crippen molar-refractivity contribution in [2.45, 2.75) is 52.6 Å². The van der Waals surface area contributed by atoms with Gasteiger partial charge in [0, 0.05) is 28.2 Å². The lowest BCUT2D eigenvalue weighted by Crippen LogP contribution is -2.54. The second-order valence-electron chi connectivity index (χ2n) is 8.43. The van der Waals surface area contributed by atoms with Crippen LogP contribution in [0, 0.1) is 19.7 Å². The molecular formula is C26H30FN3O2. The van der Waals surface area contributed by atoms with Crippen LogP contribution in [0.3, 0.4) is 0 Å². The lowest BCUT2D eigenvalue weighted by molar-refractivity contribution is -0.0375. The number of hydrogen-bond donors (Lipinski definition) is 1. The van der Waals surface area contributed by atoms with Gasteiger partial charge in [0.25, 0.3) is 5.91 Å². The topological polar surface area (TPSA) is 54.5 Å². The molecule has 0 aliphatic carbocycles. The van der Waals surface area contributed by atoms with Crippen LogP contribution in [0.4, 0.5) is 15.9 Å². The zero-order valence-corrected chi connectivity index (χ0v) is 19.1. The Morgan fingerprint density at radius 1 is 1.12 bits per heavy atom. The minimum absolute atomic E-state index is 0.00714. The zero-order valence-electron chi connectivity index (χ0n) is 19.1. The summed E-state index contributed by atoms with van der Waals surface area (Å²) in [6, 6.07) is 10.9. The van der Waals surface area contributed by atoms with Crippen molar-refractivity contribution in [3.05, 3.63) is 65.1 Å². The van der Waals surface area contributed by atoms with Gasteiger partial charge >= 0.3 is 0 Å². The summed E-state index contributed by atoms with van der Waals surface area (Å²) in [7, 11) is 0. The number of benzene rings is 2. The second-order valence-corrected chi connectivity index (χ2v) is 8.43. The zero-order chi connectivity index (χ0) is 22.8. The summed E-state index contributed by atoms with van der Waals surface area (Å²) in [6.07, 6.45) is 3.33. The Bertz CT molecular complexity index is 1140. The maximum absolute atomic E-state index is 14.1. The summed E-state index contributed by atoms with van der Waals surface area (Å²) in [6.45, 7) is 9.02. The van der Waals surface area contributed by atoms with Gasteiger partial charge in [0.2, 0.25) is 0 Å². The number of morpholine rings is 1. The number of anilines is 2. The van der Waals surface area contributed by atoms with E-state index in [-0.39, 0.29) is 23.8 Å². The van der Waals surface area contributed by atoms with Crippen LogP contribution >= 0.6 is 0 Å². The first-order valence-corrected chi connectivity index (χ1v) is 11.3. The lowest BCUT2D eigenvalue weighted by atomic mass is 9.98. The van der Waals surface area contributed by atoms with Gasteiger partial charge < -0.3 is 15.0 Å². The molecule has 0 bridgehead atoms. The Labute approximate surface area is 188 Å². The molecule has 6 heteroatoms. The number of amides is 1. The van der Waals surface area contributed by atoms with Crippen LogP contribution in [0.15, 0.2) is 42.6 Å². The average Bonchev–Trinajstić information content (AvgIpc) is 2.81. The summed E-state index contributed by atoms with van der Waals surface area (Å²) in [4.78, 5) is 20.4. The highest BCUT2D eigenvalue weighted by Crippen LogP contribution is 2.32. The van der Waals surface area contributed by atoms with Crippen LogP contribution in [-0.4, -0.2) is 41.1 Å². The molecule has 0 saturated carbocycles. The first-order chi connectivity index (χ1) is 15.5. The highest BCUT2D eigenvalue weighted by Gasteiger charge is 2.34. The van der Waals surface area contributed by atoms with Crippen molar-refractivity contribution >= 4 is 28.2 Å². The number of aromatic nitrogens is 1. The van der Waals surface area contributed by atoms with Gasteiger partial charge in [-0.05, 0) is 44.4 Å². The normalized spacial score (nSPS) is 18.7. The van der Waals surface area contributed by atoms with Gasteiger partial charge in [-0.2, -0.15) is 0 Å². The van der Waals surface area contributed by atoms with E-state index in [2.05, 4.69) is 24.1 Å². The van der Waals surface area contributed by atoms with E-state index in [1.54, 1.807) is 19.2 Å². The maximum Gasteiger partial charge on any atom is 0.256 e. The Morgan fingerprint density at radius 3 is 2.50 bits per heavy atom. The molecule has 168 valence electrons.